The minimum absolute atomic E-state index is 0.108. The summed E-state index contributed by atoms with van der Waals surface area (Å²) in [6.45, 7) is 5.09. The SMILES string of the molecule is Cc1ccc(S(=O)(=O)O[C@@H](C)c2cccc([C@H](C)O)n2)cc1. The summed E-state index contributed by atoms with van der Waals surface area (Å²) in [5.74, 6) is 0. The van der Waals surface area contributed by atoms with Crippen LogP contribution in [0, 0.1) is 6.92 Å². The van der Waals surface area contributed by atoms with E-state index in [1.807, 2.05) is 6.92 Å². The Hall–Kier alpha value is -1.76. The van der Waals surface area contributed by atoms with Gasteiger partial charge < -0.3 is 5.11 Å². The van der Waals surface area contributed by atoms with E-state index in [2.05, 4.69) is 4.98 Å². The smallest absolute Gasteiger partial charge is 0.297 e. The predicted octanol–water partition coefficient (Wildman–Crippen LogP) is 2.91. The maximum Gasteiger partial charge on any atom is 0.297 e. The summed E-state index contributed by atoms with van der Waals surface area (Å²) in [7, 11) is -3.86. The third-order valence-electron chi connectivity index (χ3n) is 3.22. The minimum Gasteiger partial charge on any atom is -0.387 e. The molecule has 6 heteroatoms. The van der Waals surface area contributed by atoms with Crippen LogP contribution in [-0.2, 0) is 14.3 Å². The second-order valence-corrected chi connectivity index (χ2v) is 6.74. The van der Waals surface area contributed by atoms with Crippen molar-refractivity contribution in [3.8, 4) is 0 Å². The molecule has 2 aromatic rings. The van der Waals surface area contributed by atoms with Gasteiger partial charge in [-0.1, -0.05) is 23.8 Å². The quantitative estimate of drug-likeness (QED) is 0.857. The van der Waals surface area contributed by atoms with Gasteiger partial charge in [0.2, 0.25) is 0 Å². The molecule has 0 amide bonds. The van der Waals surface area contributed by atoms with Crippen molar-refractivity contribution < 1.29 is 17.7 Å². The van der Waals surface area contributed by atoms with Crippen molar-refractivity contribution in [1.82, 2.24) is 4.98 Å². The van der Waals surface area contributed by atoms with Gasteiger partial charge in [0, 0.05) is 0 Å². The van der Waals surface area contributed by atoms with Crippen LogP contribution >= 0.6 is 0 Å². The predicted molar refractivity (Wildman–Crippen MR) is 82.7 cm³/mol. The molecule has 0 bridgehead atoms. The summed E-state index contributed by atoms with van der Waals surface area (Å²) >= 11 is 0. The molecule has 5 nitrogen and oxygen atoms in total. The monoisotopic (exact) mass is 321 g/mol. The standard InChI is InChI=1S/C16H19NO4S/c1-11-7-9-14(10-8-11)22(19,20)21-13(3)16-6-4-5-15(17-16)12(2)18/h4-10,12-13,18H,1-3H3/t12-,13-/m0/s1. The summed E-state index contributed by atoms with van der Waals surface area (Å²) in [6, 6.07) is 11.5. The second-order valence-electron chi connectivity index (χ2n) is 5.17. The highest BCUT2D eigenvalue weighted by Gasteiger charge is 2.21. The number of benzene rings is 1. The molecule has 0 spiro atoms. The van der Waals surface area contributed by atoms with Gasteiger partial charge in [-0.2, -0.15) is 8.42 Å². The van der Waals surface area contributed by atoms with Gasteiger partial charge >= 0.3 is 0 Å². The zero-order valence-corrected chi connectivity index (χ0v) is 13.5. The Bertz CT molecular complexity index is 739. The second kappa shape index (κ2) is 6.56. The highest BCUT2D eigenvalue weighted by atomic mass is 32.2. The zero-order valence-electron chi connectivity index (χ0n) is 12.7. The number of aryl methyl sites for hydroxylation is 1. The fraction of sp³-hybridized carbons (Fsp3) is 0.312. The third-order valence-corrected chi connectivity index (χ3v) is 4.61. The Morgan fingerprint density at radius 1 is 1.05 bits per heavy atom. The zero-order chi connectivity index (χ0) is 16.3. The Morgan fingerprint density at radius 3 is 2.23 bits per heavy atom. The Labute approximate surface area is 130 Å². The van der Waals surface area contributed by atoms with Gasteiger partial charge in [-0.3, -0.25) is 9.17 Å². The van der Waals surface area contributed by atoms with Gasteiger partial charge in [-0.05, 0) is 45.0 Å². The molecular weight excluding hydrogens is 302 g/mol. The first-order valence-corrected chi connectivity index (χ1v) is 8.35. The maximum atomic E-state index is 12.2. The van der Waals surface area contributed by atoms with Crippen molar-refractivity contribution in [3.63, 3.8) is 0 Å². The number of nitrogens with zero attached hydrogens (tertiary/aromatic N) is 1. The third kappa shape index (κ3) is 3.91. The number of hydrogen-bond donors (Lipinski definition) is 1. The Kier molecular flexibility index (Phi) is 4.95. The van der Waals surface area contributed by atoms with E-state index in [0.717, 1.165) is 5.56 Å². The lowest BCUT2D eigenvalue weighted by Crippen LogP contribution is -2.12. The summed E-state index contributed by atoms with van der Waals surface area (Å²) in [4.78, 5) is 4.33. The van der Waals surface area contributed by atoms with E-state index < -0.39 is 22.3 Å². The van der Waals surface area contributed by atoms with Crippen LogP contribution in [0.3, 0.4) is 0 Å². The fourth-order valence-electron chi connectivity index (χ4n) is 1.93. The van der Waals surface area contributed by atoms with Gasteiger partial charge in [-0.25, -0.2) is 0 Å². The van der Waals surface area contributed by atoms with Gasteiger partial charge in [0.1, 0.15) is 6.10 Å². The first kappa shape index (κ1) is 16.6. The van der Waals surface area contributed by atoms with E-state index in [1.54, 1.807) is 44.2 Å². The number of aliphatic hydroxyl groups is 1. The Morgan fingerprint density at radius 2 is 1.64 bits per heavy atom. The van der Waals surface area contributed by atoms with Gasteiger partial charge in [0.25, 0.3) is 10.1 Å². The largest absolute Gasteiger partial charge is 0.387 e. The van der Waals surface area contributed by atoms with E-state index in [9.17, 15) is 13.5 Å². The fourth-order valence-corrected chi connectivity index (χ4v) is 2.99. The first-order chi connectivity index (χ1) is 10.3. The topological polar surface area (TPSA) is 76.5 Å². The van der Waals surface area contributed by atoms with Gasteiger partial charge in [0.05, 0.1) is 22.4 Å². The van der Waals surface area contributed by atoms with Crippen molar-refractivity contribution in [1.29, 1.82) is 0 Å². The van der Waals surface area contributed by atoms with Crippen LogP contribution in [0.4, 0.5) is 0 Å². The van der Waals surface area contributed by atoms with Crippen molar-refractivity contribution in [2.75, 3.05) is 0 Å². The van der Waals surface area contributed by atoms with Crippen LogP contribution in [0.1, 0.15) is 43.0 Å². The lowest BCUT2D eigenvalue weighted by atomic mass is 10.2. The van der Waals surface area contributed by atoms with Crippen LogP contribution in [0.2, 0.25) is 0 Å². The van der Waals surface area contributed by atoms with E-state index >= 15 is 0 Å². The number of hydrogen-bond acceptors (Lipinski definition) is 5. The summed E-state index contributed by atoms with van der Waals surface area (Å²) in [5.41, 5.74) is 1.90. The van der Waals surface area contributed by atoms with Crippen LogP contribution in [0.15, 0.2) is 47.4 Å². The van der Waals surface area contributed by atoms with Crippen molar-refractivity contribution in [2.45, 2.75) is 37.9 Å². The van der Waals surface area contributed by atoms with E-state index in [0.29, 0.717) is 11.4 Å². The van der Waals surface area contributed by atoms with E-state index in [4.69, 9.17) is 4.18 Å². The van der Waals surface area contributed by atoms with E-state index in [-0.39, 0.29) is 4.90 Å². The molecular formula is C16H19NO4S. The molecule has 118 valence electrons. The minimum atomic E-state index is -3.86. The number of aromatic nitrogens is 1. The first-order valence-electron chi connectivity index (χ1n) is 6.94. The molecule has 0 fully saturated rings. The van der Waals surface area contributed by atoms with Crippen molar-refractivity contribution >= 4 is 10.1 Å². The Balaban J connectivity index is 2.22. The normalized spacial score (nSPS) is 14.5. The average Bonchev–Trinajstić information content (AvgIpc) is 2.47. The lowest BCUT2D eigenvalue weighted by molar-refractivity contribution is 0.191. The molecule has 1 aromatic carbocycles. The van der Waals surface area contributed by atoms with Crippen molar-refractivity contribution in [3.05, 3.63) is 59.4 Å². The van der Waals surface area contributed by atoms with Crippen LogP contribution in [0.5, 0.6) is 0 Å². The summed E-state index contributed by atoms with van der Waals surface area (Å²) in [5, 5.41) is 9.54. The molecule has 0 saturated heterocycles. The van der Waals surface area contributed by atoms with Crippen LogP contribution < -0.4 is 0 Å². The van der Waals surface area contributed by atoms with Gasteiger partial charge in [0.15, 0.2) is 0 Å². The number of rotatable bonds is 5. The molecule has 0 radical (unpaired) electrons. The summed E-state index contributed by atoms with van der Waals surface area (Å²) < 4.78 is 29.7. The summed E-state index contributed by atoms with van der Waals surface area (Å²) in [6.07, 6.45) is -1.47. The highest BCUT2D eigenvalue weighted by molar-refractivity contribution is 7.86. The van der Waals surface area contributed by atoms with E-state index in [1.165, 1.54) is 12.1 Å². The lowest BCUT2D eigenvalue weighted by Gasteiger charge is -2.14. The highest BCUT2D eigenvalue weighted by Crippen LogP contribution is 2.23. The molecule has 0 aliphatic heterocycles. The van der Waals surface area contributed by atoms with Crippen LogP contribution in [0.25, 0.3) is 0 Å². The molecule has 1 aromatic heterocycles. The molecule has 1 N–H and O–H groups in total. The molecule has 2 atom stereocenters. The molecule has 22 heavy (non-hydrogen) atoms. The molecule has 0 aliphatic carbocycles. The molecule has 0 unspecified atom stereocenters. The molecule has 2 rings (SSSR count). The number of aliphatic hydroxyl groups excluding tert-OH is 1. The van der Waals surface area contributed by atoms with Crippen LogP contribution in [-0.4, -0.2) is 18.5 Å². The average molecular weight is 321 g/mol. The van der Waals surface area contributed by atoms with Gasteiger partial charge in [-0.15, -0.1) is 0 Å². The number of pyridine rings is 1. The molecule has 0 saturated carbocycles. The molecule has 0 aliphatic rings. The maximum absolute atomic E-state index is 12.2. The molecule has 1 heterocycles. The van der Waals surface area contributed by atoms with Crippen molar-refractivity contribution in [2.24, 2.45) is 0 Å².